The summed E-state index contributed by atoms with van der Waals surface area (Å²) in [5.41, 5.74) is 1.45. The number of hydrogen-bond acceptors (Lipinski definition) is 5. The number of benzene rings is 2. The Morgan fingerprint density at radius 2 is 1.80 bits per heavy atom. The maximum atomic E-state index is 12.3. The van der Waals surface area contributed by atoms with Gasteiger partial charge in [0, 0.05) is 30.6 Å². The third kappa shape index (κ3) is 7.11. The fourth-order valence-electron chi connectivity index (χ4n) is 2.93. The molecule has 2 aromatic carbocycles. The monoisotopic (exact) mass is 454 g/mol. The minimum Gasteiger partial charge on any atom is -0.497 e. The van der Waals surface area contributed by atoms with E-state index in [0.29, 0.717) is 41.6 Å². The maximum absolute atomic E-state index is 12.3. The lowest BCUT2D eigenvalue weighted by Crippen LogP contribution is -2.32. The van der Waals surface area contributed by atoms with Crippen molar-refractivity contribution < 1.29 is 22.7 Å². The molecular formula is C21H27ClN2O5S. The molecule has 2 aromatic rings. The zero-order valence-electron chi connectivity index (χ0n) is 17.4. The average Bonchev–Trinajstić information content (AvgIpc) is 2.71. The van der Waals surface area contributed by atoms with Crippen LogP contribution in [0.1, 0.15) is 18.4 Å². The summed E-state index contributed by atoms with van der Waals surface area (Å²) in [4.78, 5) is 12.1. The van der Waals surface area contributed by atoms with E-state index >= 15 is 0 Å². The van der Waals surface area contributed by atoms with Gasteiger partial charge in [0.1, 0.15) is 11.5 Å². The number of nitrogens with one attached hydrogen (secondary N) is 1. The molecule has 0 unspecified atom stereocenters. The molecule has 0 aliphatic carbocycles. The molecular weight excluding hydrogens is 428 g/mol. The highest BCUT2D eigenvalue weighted by atomic mass is 35.5. The third-order valence-electron chi connectivity index (χ3n) is 4.47. The van der Waals surface area contributed by atoms with E-state index < -0.39 is 10.0 Å². The van der Waals surface area contributed by atoms with E-state index in [-0.39, 0.29) is 18.9 Å². The van der Waals surface area contributed by atoms with Crippen molar-refractivity contribution in [2.24, 2.45) is 0 Å². The number of carbonyl (C=O) groups is 1. The summed E-state index contributed by atoms with van der Waals surface area (Å²) in [5.74, 6) is 0.794. The van der Waals surface area contributed by atoms with Crippen LogP contribution in [0.2, 0.25) is 5.02 Å². The number of sulfonamides is 1. The molecule has 0 saturated heterocycles. The Balaban J connectivity index is 1.92. The number of amides is 1. The van der Waals surface area contributed by atoms with Crippen LogP contribution in [0.5, 0.6) is 11.5 Å². The summed E-state index contributed by atoms with van der Waals surface area (Å²) < 4.78 is 36.4. The quantitative estimate of drug-likeness (QED) is 0.563. The molecule has 0 radical (unpaired) electrons. The van der Waals surface area contributed by atoms with E-state index in [1.54, 1.807) is 18.2 Å². The van der Waals surface area contributed by atoms with Crippen LogP contribution >= 0.6 is 11.6 Å². The zero-order valence-corrected chi connectivity index (χ0v) is 18.9. The number of methoxy groups -OCH3 is 2. The van der Waals surface area contributed by atoms with Crippen molar-refractivity contribution in [3.63, 3.8) is 0 Å². The standard InChI is InChI=1S/C21H27ClN2O5S/c1-28-18-10-11-20(29-2)19(15-18)24(30(3,26)27)14-4-5-21(25)23-13-12-16-6-8-17(22)9-7-16/h6-11,15H,4-5,12-14H2,1-3H3,(H,23,25). The molecule has 7 nitrogen and oxygen atoms in total. The summed E-state index contributed by atoms with van der Waals surface area (Å²) in [5, 5.41) is 3.53. The van der Waals surface area contributed by atoms with Crippen molar-refractivity contribution in [3.8, 4) is 11.5 Å². The van der Waals surface area contributed by atoms with E-state index in [4.69, 9.17) is 21.1 Å². The minimum atomic E-state index is -3.57. The molecule has 30 heavy (non-hydrogen) atoms. The molecule has 1 amide bonds. The van der Waals surface area contributed by atoms with Gasteiger partial charge in [0.2, 0.25) is 15.9 Å². The van der Waals surface area contributed by atoms with Gasteiger partial charge in [-0.15, -0.1) is 0 Å². The predicted octanol–water partition coefficient (Wildman–Crippen LogP) is 3.26. The number of carbonyl (C=O) groups excluding carboxylic acids is 1. The van der Waals surface area contributed by atoms with Crippen molar-refractivity contribution >= 4 is 33.2 Å². The molecule has 0 aromatic heterocycles. The average molecular weight is 455 g/mol. The summed E-state index contributed by atoms with van der Waals surface area (Å²) in [6.07, 6.45) is 2.39. The number of hydrogen-bond donors (Lipinski definition) is 1. The number of nitrogens with zero attached hydrogens (tertiary/aromatic N) is 1. The SMILES string of the molecule is COc1ccc(OC)c(N(CCCC(=O)NCCc2ccc(Cl)cc2)S(C)(=O)=O)c1. The molecule has 0 spiro atoms. The first-order chi connectivity index (χ1) is 14.2. The maximum Gasteiger partial charge on any atom is 0.232 e. The van der Waals surface area contributed by atoms with Crippen LogP contribution in [0.15, 0.2) is 42.5 Å². The van der Waals surface area contributed by atoms with E-state index in [2.05, 4.69) is 5.32 Å². The van der Waals surface area contributed by atoms with Crippen LogP contribution in [0.3, 0.4) is 0 Å². The largest absolute Gasteiger partial charge is 0.497 e. The van der Waals surface area contributed by atoms with Gasteiger partial charge in [-0.3, -0.25) is 9.10 Å². The van der Waals surface area contributed by atoms with Crippen molar-refractivity contribution in [1.29, 1.82) is 0 Å². The highest BCUT2D eigenvalue weighted by molar-refractivity contribution is 7.92. The van der Waals surface area contributed by atoms with Crippen molar-refractivity contribution in [2.75, 3.05) is 37.9 Å². The van der Waals surface area contributed by atoms with Crippen LogP contribution in [0, 0.1) is 0 Å². The predicted molar refractivity (Wildman–Crippen MR) is 119 cm³/mol. The second-order valence-electron chi connectivity index (χ2n) is 6.70. The Hall–Kier alpha value is -2.45. The second-order valence-corrected chi connectivity index (χ2v) is 9.05. The van der Waals surface area contributed by atoms with Crippen molar-refractivity contribution in [2.45, 2.75) is 19.3 Å². The third-order valence-corrected chi connectivity index (χ3v) is 5.90. The molecule has 0 fully saturated rings. The van der Waals surface area contributed by atoms with Gasteiger partial charge in [0.15, 0.2) is 0 Å². The molecule has 0 saturated carbocycles. The smallest absolute Gasteiger partial charge is 0.232 e. The number of halogens is 1. The second kappa shape index (κ2) is 11.1. The van der Waals surface area contributed by atoms with Crippen LogP contribution in [0.4, 0.5) is 5.69 Å². The Bertz CT molecular complexity index is 948. The summed E-state index contributed by atoms with van der Waals surface area (Å²) in [6.45, 7) is 0.646. The number of ether oxygens (including phenoxy) is 2. The van der Waals surface area contributed by atoms with Crippen molar-refractivity contribution in [3.05, 3.63) is 53.1 Å². The zero-order chi connectivity index (χ0) is 22.1. The molecule has 2 rings (SSSR count). The van der Waals surface area contributed by atoms with Crippen LogP contribution in [0.25, 0.3) is 0 Å². The van der Waals surface area contributed by atoms with Crippen LogP contribution in [-0.2, 0) is 21.2 Å². The first-order valence-corrected chi connectivity index (χ1v) is 11.7. The van der Waals surface area contributed by atoms with Gasteiger partial charge < -0.3 is 14.8 Å². The summed E-state index contributed by atoms with van der Waals surface area (Å²) >= 11 is 5.86. The molecule has 164 valence electrons. The Labute approximate surface area is 183 Å². The minimum absolute atomic E-state index is 0.130. The molecule has 0 aliphatic rings. The van der Waals surface area contributed by atoms with Gasteiger partial charge in [-0.05, 0) is 42.7 Å². The van der Waals surface area contributed by atoms with Gasteiger partial charge >= 0.3 is 0 Å². The van der Waals surface area contributed by atoms with E-state index in [1.165, 1.54) is 18.5 Å². The molecule has 0 atom stereocenters. The number of anilines is 1. The Morgan fingerprint density at radius 1 is 1.10 bits per heavy atom. The van der Waals surface area contributed by atoms with Gasteiger partial charge in [0.25, 0.3) is 0 Å². The fourth-order valence-corrected chi connectivity index (χ4v) is 4.01. The van der Waals surface area contributed by atoms with Crippen molar-refractivity contribution in [1.82, 2.24) is 5.32 Å². The summed E-state index contributed by atoms with van der Waals surface area (Å²) in [7, 11) is -0.598. The molecule has 0 aliphatic heterocycles. The first kappa shape index (κ1) is 23.8. The lowest BCUT2D eigenvalue weighted by atomic mass is 10.1. The summed E-state index contributed by atoms with van der Waals surface area (Å²) in [6, 6.07) is 12.4. The molecule has 9 heteroatoms. The number of rotatable bonds is 11. The lowest BCUT2D eigenvalue weighted by molar-refractivity contribution is -0.121. The van der Waals surface area contributed by atoms with E-state index in [9.17, 15) is 13.2 Å². The lowest BCUT2D eigenvalue weighted by Gasteiger charge is -2.24. The highest BCUT2D eigenvalue weighted by Gasteiger charge is 2.22. The fraction of sp³-hybridized carbons (Fsp3) is 0.381. The molecule has 0 heterocycles. The van der Waals surface area contributed by atoms with Gasteiger partial charge in [0.05, 0.1) is 26.2 Å². The highest BCUT2D eigenvalue weighted by Crippen LogP contribution is 2.33. The normalized spacial score (nSPS) is 11.1. The van der Waals surface area contributed by atoms with Crippen LogP contribution < -0.4 is 19.1 Å². The first-order valence-electron chi connectivity index (χ1n) is 9.45. The van der Waals surface area contributed by atoms with Gasteiger partial charge in [-0.25, -0.2) is 8.42 Å². The van der Waals surface area contributed by atoms with E-state index in [1.807, 2.05) is 24.3 Å². The molecule has 0 bridgehead atoms. The van der Waals surface area contributed by atoms with E-state index in [0.717, 1.165) is 11.8 Å². The van der Waals surface area contributed by atoms with Crippen LogP contribution in [-0.4, -0.2) is 47.9 Å². The molecule has 1 N–H and O–H groups in total. The topological polar surface area (TPSA) is 84.9 Å². The van der Waals surface area contributed by atoms with Gasteiger partial charge in [-0.1, -0.05) is 23.7 Å². The van der Waals surface area contributed by atoms with Gasteiger partial charge in [-0.2, -0.15) is 0 Å². The Morgan fingerprint density at radius 3 is 2.40 bits per heavy atom. The Kier molecular flexibility index (Phi) is 8.80.